The zero-order valence-corrected chi connectivity index (χ0v) is 42.5. The van der Waals surface area contributed by atoms with Gasteiger partial charge in [0.1, 0.15) is 6.07 Å². The summed E-state index contributed by atoms with van der Waals surface area (Å²) < 4.78 is 4.42. The highest BCUT2D eigenvalue weighted by Crippen LogP contribution is 2.43. The first-order valence-electron chi connectivity index (χ1n) is 25.9. The van der Waals surface area contributed by atoms with E-state index in [-0.39, 0.29) is 0 Å². The minimum absolute atomic E-state index is 0.464. The van der Waals surface area contributed by atoms with Crippen LogP contribution in [0.4, 0.5) is 0 Å². The molecule has 0 fully saturated rings. The summed E-state index contributed by atoms with van der Waals surface area (Å²) in [6.07, 6.45) is 0. The van der Waals surface area contributed by atoms with Crippen molar-refractivity contribution in [2.45, 2.75) is 6.92 Å². The summed E-state index contributed by atoms with van der Waals surface area (Å²) in [5.74, 6) is 3.41. The lowest BCUT2D eigenvalue weighted by Crippen LogP contribution is -2.04. The minimum Gasteiger partial charge on any atom is -0.309 e. The Bertz CT molecular complexity index is 4690. The second-order valence-corrected chi connectivity index (χ2v) is 19.4. The van der Waals surface area contributed by atoms with Crippen molar-refractivity contribution in [1.29, 1.82) is 10.5 Å². The van der Waals surface area contributed by atoms with Crippen molar-refractivity contribution in [2.75, 3.05) is 0 Å². The molecule has 0 saturated heterocycles. The molecular formula is C69H42N10. The number of rotatable bonds is 9. The van der Waals surface area contributed by atoms with E-state index in [1.54, 1.807) is 0 Å². The van der Waals surface area contributed by atoms with Crippen molar-refractivity contribution >= 4 is 43.6 Å². The topological polar surface area (TPSA) is 135 Å². The average Bonchev–Trinajstić information content (AvgIpc) is 4.10. The Morgan fingerprint density at radius 2 is 0.684 bits per heavy atom. The number of hydrogen-bond acceptors (Lipinski definition) is 8. The van der Waals surface area contributed by atoms with Crippen LogP contribution in [0.5, 0.6) is 0 Å². The van der Waals surface area contributed by atoms with Gasteiger partial charge in [-0.05, 0) is 90.8 Å². The van der Waals surface area contributed by atoms with Crippen molar-refractivity contribution in [2.24, 2.45) is 0 Å². The highest BCUT2D eigenvalue weighted by Gasteiger charge is 2.24. The van der Waals surface area contributed by atoms with Gasteiger partial charge in [-0.2, -0.15) is 10.5 Å². The molecule has 0 amide bonds. The van der Waals surface area contributed by atoms with Crippen LogP contribution in [0.15, 0.2) is 237 Å². The summed E-state index contributed by atoms with van der Waals surface area (Å²) in [6.45, 7) is 2.01. The second-order valence-electron chi connectivity index (χ2n) is 19.4. The van der Waals surface area contributed by atoms with E-state index in [4.69, 9.17) is 29.9 Å². The Morgan fingerprint density at radius 3 is 1.10 bits per heavy atom. The van der Waals surface area contributed by atoms with Crippen molar-refractivity contribution in [3.05, 3.63) is 253 Å². The molecule has 0 saturated carbocycles. The van der Waals surface area contributed by atoms with E-state index in [9.17, 15) is 10.5 Å². The van der Waals surface area contributed by atoms with Crippen LogP contribution >= 0.6 is 0 Å². The maximum Gasteiger partial charge on any atom is 0.164 e. The van der Waals surface area contributed by atoms with Crippen molar-refractivity contribution in [3.8, 4) is 103 Å². The van der Waals surface area contributed by atoms with Gasteiger partial charge in [-0.25, -0.2) is 29.9 Å². The first-order chi connectivity index (χ1) is 39.0. The number of benzene rings is 10. The van der Waals surface area contributed by atoms with E-state index < -0.39 is 0 Å². The third-order valence-electron chi connectivity index (χ3n) is 14.5. The van der Waals surface area contributed by atoms with E-state index >= 15 is 0 Å². The highest BCUT2D eigenvalue weighted by molar-refractivity contribution is 6.12. The monoisotopic (exact) mass is 1010 g/mol. The normalized spacial score (nSPS) is 11.3. The van der Waals surface area contributed by atoms with Gasteiger partial charge in [-0.3, -0.25) is 0 Å². The van der Waals surface area contributed by atoms with Crippen molar-refractivity contribution < 1.29 is 0 Å². The lowest BCUT2D eigenvalue weighted by molar-refractivity contribution is 1.07. The predicted molar refractivity (Wildman–Crippen MR) is 314 cm³/mol. The van der Waals surface area contributed by atoms with Crippen LogP contribution in [-0.2, 0) is 0 Å². The molecule has 4 aromatic heterocycles. The van der Waals surface area contributed by atoms with Crippen LogP contribution in [0.2, 0.25) is 0 Å². The minimum atomic E-state index is 0.464. The zero-order valence-electron chi connectivity index (χ0n) is 42.5. The molecule has 0 atom stereocenters. The van der Waals surface area contributed by atoms with Gasteiger partial charge in [-0.15, -0.1) is 0 Å². The fraction of sp³-hybridized carbons (Fsp3) is 0.0145. The highest BCUT2D eigenvalue weighted by atomic mass is 15.1. The molecule has 0 radical (unpaired) electrons. The summed E-state index contributed by atoms with van der Waals surface area (Å²) in [4.78, 5) is 30.2. The van der Waals surface area contributed by atoms with E-state index in [2.05, 4.69) is 88.0 Å². The molecule has 0 unspecified atom stereocenters. The quantitative estimate of drug-likeness (QED) is 0.139. The number of para-hydroxylation sites is 2. The molecule has 14 rings (SSSR count). The average molecular weight is 1010 g/mol. The molecule has 14 aromatic rings. The second kappa shape index (κ2) is 19.2. The number of nitriles is 2. The smallest absolute Gasteiger partial charge is 0.164 e. The van der Waals surface area contributed by atoms with Gasteiger partial charge in [-0.1, -0.05) is 164 Å². The van der Waals surface area contributed by atoms with Gasteiger partial charge >= 0.3 is 0 Å². The van der Waals surface area contributed by atoms with E-state index in [0.717, 1.165) is 99.4 Å². The number of aromatic nitrogens is 8. The van der Waals surface area contributed by atoms with Crippen LogP contribution in [0.25, 0.3) is 134 Å². The largest absolute Gasteiger partial charge is 0.309 e. The maximum atomic E-state index is 11.4. The Hall–Kier alpha value is -11.2. The third-order valence-corrected chi connectivity index (χ3v) is 14.5. The fourth-order valence-electron chi connectivity index (χ4n) is 10.9. The van der Waals surface area contributed by atoms with E-state index in [0.29, 0.717) is 51.8 Å². The van der Waals surface area contributed by atoms with Crippen molar-refractivity contribution in [3.63, 3.8) is 0 Å². The lowest BCUT2D eigenvalue weighted by Gasteiger charge is -2.19. The molecular weight excluding hydrogens is 969 g/mol. The predicted octanol–water partition coefficient (Wildman–Crippen LogP) is 16.0. The van der Waals surface area contributed by atoms with Crippen LogP contribution < -0.4 is 0 Å². The summed E-state index contributed by atoms with van der Waals surface area (Å²) in [5, 5.41) is 25.8. The van der Waals surface area contributed by atoms with Gasteiger partial charge in [0.15, 0.2) is 34.9 Å². The molecule has 10 aromatic carbocycles. The molecule has 0 N–H and O–H groups in total. The number of hydrogen-bond donors (Lipinski definition) is 0. The summed E-state index contributed by atoms with van der Waals surface area (Å²) in [7, 11) is 0. The zero-order chi connectivity index (χ0) is 53.0. The van der Waals surface area contributed by atoms with Gasteiger partial charge in [0.2, 0.25) is 0 Å². The lowest BCUT2D eigenvalue weighted by atomic mass is 9.96. The Balaban J connectivity index is 0.974. The SMILES string of the molecule is Cc1cc(C#N)cc(-c2cc(-n3c4ccccc4c4cc(-c5nc(-c6ccccc6)nc(-c6ccccc6)n5)ccc43)c(C#N)cc2-n2c3ccccc3c3cc(-c4nc(-c5ccccc5)nc(-c5ccccc5)n4)ccc32)c1. The molecule has 0 bridgehead atoms. The van der Waals surface area contributed by atoms with Gasteiger partial charge in [0, 0.05) is 60.5 Å². The molecule has 0 aliphatic carbocycles. The standard InChI is InChI=1S/C69H42N10/c1-43-34-44(41-70)36-51(35-43)55-40-62(78-58-28-16-14-26-53(58)56-37-49(30-32-60(56)78)68-74-64(45-18-6-2-7-19-45)72-65(75-68)46-20-8-3-9-21-46)52(42-71)39-63(55)79-59-29-17-15-27-54(59)57-38-50(31-33-61(57)79)69-76-66(47-22-10-4-11-23-47)73-67(77-69)48-24-12-5-13-25-48/h2-40H,1H3. The van der Waals surface area contributed by atoms with Crippen LogP contribution in [0.1, 0.15) is 16.7 Å². The van der Waals surface area contributed by atoms with Crippen molar-refractivity contribution in [1.82, 2.24) is 39.0 Å². The molecule has 79 heavy (non-hydrogen) atoms. The number of aryl methyl sites for hydroxylation is 1. The van der Waals surface area contributed by atoms with Crippen LogP contribution in [0, 0.1) is 29.6 Å². The van der Waals surface area contributed by atoms with Gasteiger partial charge in [0.25, 0.3) is 0 Å². The number of fused-ring (bicyclic) bond motifs is 6. The summed E-state index contributed by atoms with van der Waals surface area (Å²) >= 11 is 0. The van der Waals surface area contributed by atoms with Crippen LogP contribution in [-0.4, -0.2) is 39.0 Å². The summed E-state index contributed by atoms with van der Waals surface area (Å²) in [5.41, 5.74) is 14.0. The van der Waals surface area contributed by atoms with Gasteiger partial charge < -0.3 is 9.13 Å². The molecule has 0 spiro atoms. The Morgan fingerprint density at radius 1 is 0.304 bits per heavy atom. The van der Waals surface area contributed by atoms with Gasteiger partial charge in [0.05, 0.1) is 50.6 Å². The number of nitrogens with zero attached hydrogens (tertiary/aromatic N) is 10. The van der Waals surface area contributed by atoms with E-state index in [1.807, 2.05) is 177 Å². The third kappa shape index (κ3) is 8.21. The molecule has 4 heterocycles. The molecule has 368 valence electrons. The first kappa shape index (κ1) is 46.3. The first-order valence-corrected chi connectivity index (χ1v) is 25.9. The Labute approximate surface area is 454 Å². The molecule has 0 aliphatic heterocycles. The fourth-order valence-corrected chi connectivity index (χ4v) is 10.9. The maximum absolute atomic E-state index is 11.4. The van der Waals surface area contributed by atoms with Crippen LogP contribution in [0.3, 0.4) is 0 Å². The Kier molecular flexibility index (Phi) is 11.3. The molecule has 10 heteroatoms. The summed E-state index contributed by atoms with van der Waals surface area (Å²) in [6, 6.07) is 84.2. The molecule has 10 nitrogen and oxygen atoms in total. The van der Waals surface area contributed by atoms with E-state index in [1.165, 1.54) is 0 Å². The molecule has 0 aliphatic rings.